The Hall–Kier alpha value is -1.33. The van der Waals surface area contributed by atoms with Gasteiger partial charge in [0.15, 0.2) is 0 Å². The van der Waals surface area contributed by atoms with Gasteiger partial charge in [0.2, 0.25) is 0 Å². The minimum atomic E-state index is -4.76. The molecule has 0 bridgehead atoms. The first-order valence-corrected chi connectivity index (χ1v) is 9.20. The zero-order valence-corrected chi connectivity index (χ0v) is 14.5. The molecule has 0 aliphatic heterocycles. The SMILES string of the molecule is CCCCC(CCC)OC(=O)c1ccc(C(=O)O)cc1S(=O)(=O)O.[LiH]. The summed E-state index contributed by atoms with van der Waals surface area (Å²) in [6.45, 7) is 3.95. The van der Waals surface area contributed by atoms with Gasteiger partial charge in [0.05, 0.1) is 11.1 Å². The van der Waals surface area contributed by atoms with Crippen molar-refractivity contribution in [2.45, 2.75) is 57.0 Å². The van der Waals surface area contributed by atoms with Crippen LogP contribution < -0.4 is 0 Å². The summed E-state index contributed by atoms with van der Waals surface area (Å²) in [6, 6.07) is 2.88. The van der Waals surface area contributed by atoms with Crippen molar-refractivity contribution in [2.24, 2.45) is 0 Å². The fraction of sp³-hybridized carbons (Fsp3) is 0.500. The van der Waals surface area contributed by atoms with Gasteiger partial charge in [-0.2, -0.15) is 8.42 Å². The van der Waals surface area contributed by atoms with E-state index in [9.17, 15) is 22.6 Å². The third kappa shape index (κ3) is 7.20. The van der Waals surface area contributed by atoms with Gasteiger partial charge in [-0.25, -0.2) is 9.59 Å². The van der Waals surface area contributed by atoms with Gasteiger partial charge in [0, 0.05) is 0 Å². The van der Waals surface area contributed by atoms with Crippen molar-refractivity contribution in [3.63, 3.8) is 0 Å². The minimum absolute atomic E-state index is 0. The molecule has 0 radical (unpaired) electrons. The Morgan fingerprint density at radius 2 is 1.80 bits per heavy atom. The van der Waals surface area contributed by atoms with Gasteiger partial charge in [-0.1, -0.05) is 33.1 Å². The normalized spacial score (nSPS) is 12.1. The van der Waals surface area contributed by atoms with Crippen LogP contribution in [0.2, 0.25) is 0 Å². The summed E-state index contributed by atoms with van der Waals surface area (Å²) in [4.78, 5) is 22.5. The molecular formula is C16H23LiO7S. The van der Waals surface area contributed by atoms with Gasteiger partial charge in [0.25, 0.3) is 10.1 Å². The topological polar surface area (TPSA) is 118 Å². The van der Waals surface area contributed by atoms with Crippen molar-refractivity contribution in [3.05, 3.63) is 29.3 Å². The number of hydrogen-bond donors (Lipinski definition) is 2. The molecule has 1 aromatic carbocycles. The number of carboxylic acids is 1. The van der Waals surface area contributed by atoms with Crippen molar-refractivity contribution < 1.29 is 32.4 Å². The molecule has 0 fully saturated rings. The third-order valence-corrected chi connectivity index (χ3v) is 4.38. The van der Waals surface area contributed by atoms with Crippen LogP contribution in [0.5, 0.6) is 0 Å². The van der Waals surface area contributed by atoms with E-state index in [0.29, 0.717) is 12.8 Å². The molecule has 2 N–H and O–H groups in total. The maximum absolute atomic E-state index is 12.3. The zero-order chi connectivity index (χ0) is 18.3. The monoisotopic (exact) mass is 366 g/mol. The van der Waals surface area contributed by atoms with Crippen LogP contribution in [0.1, 0.15) is 66.7 Å². The van der Waals surface area contributed by atoms with Crippen molar-refractivity contribution >= 4 is 40.9 Å². The summed E-state index contributed by atoms with van der Waals surface area (Å²) >= 11 is 0. The molecule has 0 saturated heterocycles. The van der Waals surface area contributed by atoms with Gasteiger partial charge in [-0.3, -0.25) is 4.55 Å². The summed E-state index contributed by atoms with van der Waals surface area (Å²) in [5, 5.41) is 8.92. The van der Waals surface area contributed by atoms with Crippen molar-refractivity contribution in [1.82, 2.24) is 0 Å². The van der Waals surface area contributed by atoms with Crippen LogP contribution in [-0.4, -0.2) is 55.0 Å². The van der Waals surface area contributed by atoms with E-state index in [4.69, 9.17) is 9.84 Å². The van der Waals surface area contributed by atoms with Crippen LogP contribution in [0.4, 0.5) is 0 Å². The number of carbonyl (C=O) groups is 2. The van der Waals surface area contributed by atoms with E-state index in [1.54, 1.807) is 0 Å². The molecule has 25 heavy (non-hydrogen) atoms. The first kappa shape index (κ1) is 23.7. The average Bonchev–Trinajstić information content (AvgIpc) is 2.51. The van der Waals surface area contributed by atoms with Gasteiger partial charge >= 0.3 is 30.8 Å². The Morgan fingerprint density at radius 3 is 2.28 bits per heavy atom. The number of benzene rings is 1. The Kier molecular flexibility index (Phi) is 10.0. The molecule has 1 atom stereocenters. The predicted octanol–water partition coefficient (Wildman–Crippen LogP) is 2.50. The number of esters is 1. The quantitative estimate of drug-likeness (QED) is 0.391. The van der Waals surface area contributed by atoms with Crippen LogP contribution in [-0.2, 0) is 14.9 Å². The fourth-order valence-electron chi connectivity index (χ4n) is 2.27. The molecule has 1 rings (SSSR count). The number of aromatic carboxylic acids is 1. The Balaban J connectivity index is 0.00000576. The van der Waals surface area contributed by atoms with E-state index in [-0.39, 0.29) is 36.1 Å². The van der Waals surface area contributed by atoms with E-state index in [0.717, 1.165) is 37.5 Å². The van der Waals surface area contributed by atoms with E-state index >= 15 is 0 Å². The molecule has 1 aromatic rings. The molecule has 0 aromatic heterocycles. The molecule has 9 heteroatoms. The van der Waals surface area contributed by atoms with Crippen molar-refractivity contribution in [3.8, 4) is 0 Å². The molecule has 0 heterocycles. The molecule has 1 unspecified atom stereocenters. The van der Waals surface area contributed by atoms with Crippen LogP contribution in [0.15, 0.2) is 23.1 Å². The molecule has 0 aliphatic carbocycles. The number of carboxylic acid groups (broad SMARTS) is 1. The Labute approximate surface area is 159 Å². The standard InChI is InChI=1S/C16H22O7S.Li.H/c1-3-5-7-12(6-4-2)23-16(19)13-9-8-11(15(17)18)10-14(13)24(20,21)22;;/h8-10,12H,3-7H2,1-2H3,(H,17,18)(H,20,21,22);;. The first-order valence-electron chi connectivity index (χ1n) is 7.76. The Bertz CT molecular complexity index is 700. The van der Waals surface area contributed by atoms with Gasteiger partial charge < -0.3 is 9.84 Å². The van der Waals surface area contributed by atoms with E-state index < -0.39 is 27.0 Å². The van der Waals surface area contributed by atoms with Gasteiger partial charge in [0.1, 0.15) is 11.0 Å². The summed E-state index contributed by atoms with van der Waals surface area (Å²) in [7, 11) is -4.76. The van der Waals surface area contributed by atoms with E-state index in [1.807, 2.05) is 13.8 Å². The molecule has 7 nitrogen and oxygen atoms in total. The molecule has 0 aliphatic rings. The van der Waals surface area contributed by atoms with Crippen LogP contribution in [0.25, 0.3) is 0 Å². The van der Waals surface area contributed by atoms with Crippen molar-refractivity contribution in [1.29, 1.82) is 0 Å². The second-order valence-corrected chi connectivity index (χ2v) is 6.84. The predicted molar refractivity (Wildman–Crippen MR) is 94.0 cm³/mol. The molecule has 0 amide bonds. The zero-order valence-electron chi connectivity index (χ0n) is 13.7. The molecule has 0 spiro atoms. The second-order valence-electron chi connectivity index (χ2n) is 5.45. The van der Waals surface area contributed by atoms with E-state index in [2.05, 4.69) is 0 Å². The number of unbranched alkanes of at least 4 members (excludes halogenated alkanes) is 1. The van der Waals surface area contributed by atoms with Crippen LogP contribution in [0, 0.1) is 0 Å². The number of ether oxygens (including phenoxy) is 1. The third-order valence-electron chi connectivity index (χ3n) is 3.49. The number of rotatable bonds is 9. The maximum atomic E-state index is 12.3. The van der Waals surface area contributed by atoms with Gasteiger partial charge in [-0.15, -0.1) is 0 Å². The average molecular weight is 366 g/mol. The molecular weight excluding hydrogens is 343 g/mol. The van der Waals surface area contributed by atoms with E-state index in [1.165, 1.54) is 0 Å². The number of carbonyl (C=O) groups excluding carboxylic acids is 1. The fourth-order valence-corrected chi connectivity index (χ4v) is 2.97. The molecule has 0 saturated carbocycles. The molecule has 136 valence electrons. The Morgan fingerprint density at radius 1 is 1.16 bits per heavy atom. The van der Waals surface area contributed by atoms with Crippen LogP contribution >= 0.6 is 0 Å². The summed E-state index contributed by atoms with van der Waals surface area (Å²) in [6.07, 6.45) is 3.54. The van der Waals surface area contributed by atoms with Crippen molar-refractivity contribution in [2.75, 3.05) is 0 Å². The van der Waals surface area contributed by atoms with Crippen LogP contribution in [0.3, 0.4) is 0 Å². The summed E-state index contributed by atoms with van der Waals surface area (Å²) in [5.74, 6) is -2.26. The number of hydrogen-bond acceptors (Lipinski definition) is 5. The van der Waals surface area contributed by atoms with Gasteiger partial charge in [-0.05, 0) is 31.0 Å². The summed E-state index contributed by atoms with van der Waals surface area (Å²) < 4.78 is 37.6. The first-order chi connectivity index (χ1) is 11.2. The second kappa shape index (κ2) is 10.6. The summed E-state index contributed by atoms with van der Waals surface area (Å²) in [5.41, 5.74) is -0.727.